The molecule has 1 aromatic rings. The van der Waals surface area contributed by atoms with Crippen molar-refractivity contribution in [2.45, 2.75) is 84.7 Å². The van der Waals surface area contributed by atoms with Crippen molar-refractivity contribution in [1.82, 2.24) is 0 Å². The fourth-order valence-electron chi connectivity index (χ4n) is 8.33. The number of aliphatic hydroxyl groups excluding tert-OH is 1. The molecule has 5 rings (SSSR count). The summed E-state index contributed by atoms with van der Waals surface area (Å²) in [5.41, 5.74) is 3.09. The Balaban J connectivity index is 1.40. The number of aliphatic hydroxyl groups is 1. The summed E-state index contributed by atoms with van der Waals surface area (Å²) >= 11 is 0. The second-order valence-corrected chi connectivity index (χ2v) is 11.3. The van der Waals surface area contributed by atoms with Crippen LogP contribution in [0.2, 0.25) is 0 Å². The van der Waals surface area contributed by atoms with Gasteiger partial charge in [0.05, 0.1) is 12.7 Å². The highest BCUT2D eigenvalue weighted by atomic mass is 16.5. The van der Waals surface area contributed by atoms with Crippen LogP contribution in [0.15, 0.2) is 29.8 Å². The fraction of sp³-hybridized carbons (Fsp3) is 0.714. The van der Waals surface area contributed by atoms with Crippen LogP contribution >= 0.6 is 0 Å². The van der Waals surface area contributed by atoms with Crippen molar-refractivity contribution in [3.63, 3.8) is 0 Å². The first-order valence-corrected chi connectivity index (χ1v) is 12.6. The highest BCUT2D eigenvalue weighted by Crippen LogP contribution is 2.67. The number of rotatable bonds is 3. The largest absolute Gasteiger partial charge is 0.494 e. The van der Waals surface area contributed by atoms with Crippen molar-refractivity contribution in [3.05, 3.63) is 35.4 Å². The average Bonchev–Trinajstić information content (AvgIpc) is 3.00. The zero-order valence-electron chi connectivity index (χ0n) is 19.2. The Morgan fingerprint density at radius 2 is 1.77 bits per heavy atom. The molecule has 0 spiro atoms. The van der Waals surface area contributed by atoms with Gasteiger partial charge in [-0.05, 0) is 104 Å². The van der Waals surface area contributed by atoms with Gasteiger partial charge in [0.1, 0.15) is 5.75 Å². The van der Waals surface area contributed by atoms with E-state index in [-0.39, 0.29) is 11.5 Å². The Hall–Kier alpha value is -1.28. The van der Waals surface area contributed by atoms with Crippen LogP contribution in [0.1, 0.15) is 84.1 Å². The van der Waals surface area contributed by atoms with E-state index in [1.807, 2.05) is 19.1 Å². The van der Waals surface area contributed by atoms with Crippen LogP contribution in [0.25, 0.3) is 6.08 Å². The molecule has 0 amide bonds. The van der Waals surface area contributed by atoms with E-state index in [9.17, 15) is 5.11 Å². The van der Waals surface area contributed by atoms with Crippen molar-refractivity contribution in [2.24, 2.45) is 34.5 Å². The number of hydrogen-bond donors (Lipinski definition) is 1. The summed E-state index contributed by atoms with van der Waals surface area (Å²) in [6.45, 7) is 7.74. The third-order valence-electron chi connectivity index (χ3n) is 10.00. The van der Waals surface area contributed by atoms with Crippen LogP contribution in [-0.4, -0.2) is 17.8 Å². The fourth-order valence-corrected chi connectivity index (χ4v) is 8.33. The van der Waals surface area contributed by atoms with Crippen LogP contribution in [0, 0.1) is 34.5 Å². The second kappa shape index (κ2) is 7.69. The van der Waals surface area contributed by atoms with Crippen molar-refractivity contribution in [3.8, 4) is 5.75 Å². The molecule has 2 nitrogen and oxygen atoms in total. The molecular formula is C28H40O2. The monoisotopic (exact) mass is 408 g/mol. The number of fused-ring (bicyclic) bond motifs is 5. The third kappa shape index (κ3) is 3.17. The van der Waals surface area contributed by atoms with E-state index in [2.05, 4.69) is 32.1 Å². The molecule has 0 bridgehead atoms. The van der Waals surface area contributed by atoms with Gasteiger partial charge in [-0.15, -0.1) is 0 Å². The molecule has 0 unspecified atom stereocenters. The molecule has 2 heteroatoms. The lowest BCUT2D eigenvalue weighted by Gasteiger charge is -2.60. The maximum absolute atomic E-state index is 11.4. The first kappa shape index (κ1) is 20.6. The number of hydrogen-bond acceptors (Lipinski definition) is 2. The normalized spacial score (nSPS) is 44.3. The molecule has 4 saturated carbocycles. The Kier molecular flexibility index (Phi) is 5.29. The summed E-state index contributed by atoms with van der Waals surface area (Å²) in [4.78, 5) is 0. The zero-order chi connectivity index (χ0) is 20.9. The number of benzene rings is 1. The van der Waals surface area contributed by atoms with Gasteiger partial charge in [-0.2, -0.15) is 0 Å². The van der Waals surface area contributed by atoms with Gasteiger partial charge in [0.2, 0.25) is 0 Å². The van der Waals surface area contributed by atoms with Crippen molar-refractivity contribution in [1.29, 1.82) is 0 Å². The van der Waals surface area contributed by atoms with E-state index >= 15 is 0 Å². The molecule has 0 heterocycles. The molecule has 4 fully saturated rings. The van der Waals surface area contributed by atoms with E-state index in [1.165, 1.54) is 62.5 Å². The van der Waals surface area contributed by atoms with Crippen LogP contribution < -0.4 is 4.74 Å². The maximum Gasteiger partial charge on any atom is 0.119 e. The van der Waals surface area contributed by atoms with E-state index in [4.69, 9.17) is 4.74 Å². The molecule has 0 aromatic heterocycles. The Bertz CT molecular complexity index is 795. The van der Waals surface area contributed by atoms with Gasteiger partial charge in [0, 0.05) is 5.41 Å². The van der Waals surface area contributed by atoms with E-state index < -0.39 is 0 Å². The van der Waals surface area contributed by atoms with E-state index in [1.54, 1.807) is 0 Å². The van der Waals surface area contributed by atoms with Crippen molar-refractivity contribution < 1.29 is 9.84 Å². The van der Waals surface area contributed by atoms with Gasteiger partial charge in [0.25, 0.3) is 0 Å². The molecule has 4 aliphatic carbocycles. The molecule has 30 heavy (non-hydrogen) atoms. The lowest BCUT2D eigenvalue weighted by Crippen LogP contribution is -2.53. The lowest BCUT2D eigenvalue weighted by molar-refractivity contribution is -0.119. The lowest BCUT2D eigenvalue weighted by atomic mass is 9.45. The van der Waals surface area contributed by atoms with Crippen molar-refractivity contribution >= 4 is 6.08 Å². The molecule has 1 aromatic carbocycles. The first-order valence-electron chi connectivity index (χ1n) is 12.6. The molecular weight excluding hydrogens is 368 g/mol. The minimum Gasteiger partial charge on any atom is -0.494 e. The summed E-state index contributed by atoms with van der Waals surface area (Å²) in [5.74, 6) is 4.23. The zero-order valence-corrected chi connectivity index (χ0v) is 19.2. The van der Waals surface area contributed by atoms with Gasteiger partial charge in [-0.1, -0.05) is 44.9 Å². The van der Waals surface area contributed by atoms with Crippen LogP contribution in [0.4, 0.5) is 0 Å². The Labute approximate surface area is 183 Å². The standard InChI is InChI=1S/C28H40O2/c1-4-30-22-11-8-19(9-12-22)17-20-18-25-23-13-10-21-7-5-6-15-27(21,2)24(23)14-16-28(25,3)26(20)29/h8-9,11-12,17,21,23-26,29H,4-7,10,13-16,18H2,1-3H3/b20-17+/t21-,23+,24+,25+,26-,27-,28-/m0/s1. The summed E-state index contributed by atoms with van der Waals surface area (Å²) < 4.78 is 5.59. The first-order chi connectivity index (χ1) is 14.5. The Morgan fingerprint density at radius 1 is 0.967 bits per heavy atom. The third-order valence-corrected chi connectivity index (χ3v) is 10.00. The molecule has 4 aliphatic rings. The molecule has 7 atom stereocenters. The highest BCUT2D eigenvalue weighted by Gasteiger charge is 2.60. The predicted octanol–water partition coefficient (Wildman–Crippen LogP) is 6.87. The minimum atomic E-state index is -0.285. The average molecular weight is 409 g/mol. The SMILES string of the molecule is CCOc1ccc(/C=C2\C[C@@H]3[C@@H]4CC[C@@H]5CCCC[C@]5(C)[C@@H]4CC[C@]3(C)[C@H]2O)cc1. The van der Waals surface area contributed by atoms with Gasteiger partial charge >= 0.3 is 0 Å². The predicted molar refractivity (Wildman–Crippen MR) is 123 cm³/mol. The van der Waals surface area contributed by atoms with Gasteiger partial charge < -0.3 is 9.84 Å². The van der Waals surface area contributed by atoms with Crippen LogP contribution in [0.3, 0.4) is 0 Å². The summed E-state index contributed by atoms with van der Waals surface area (Å²) in [7, 11) is 0. The van der Waals surface area contributed by atoms with Crippen LogP contribution in [-0.2, 0) is 0 Å². The topological polar surface area (TPSA) is 29.5 Å². The summed E-state index contributed by atoms with van der Waals surface area (Å²) in [6, 6.07) is 8.36. The van der Waals surface area contributed by atoms with E-state index in [0.717, 1.165) is 29.9 Å². The van der Waals surface area contributed by atoms with Crippen molar-refractivity contribution in [2.75, 3.05) is 6.61 Å². The van der Waals surface area contributed by atoms with E-state index in [0.29, 0.717) is 17.9 Å². The maximum atomic E-state index is 11.4. The van der Waals surface area contributed by atoms with Gasteiger partial charge in [-0.3, -0.25) is 0 Å². The molecule has 0 saturated heterocycles. The second-order valence-electron chi connectivity index (χ2n) is 11.3. The molecule has 1 N–H and O–H groups in total. The smallest absolute Gasteiger partial charge is 0.119 e. The highest BCUT2D eigenvalue weighted by molar-refractivity contribution is 5.56. The van der Waals surface area contributed by atoms with Gasteiger partial charge in [-0.25, -0.2) is 0 Å². The summed E-state index contributed by atoms with van der Waals surface area (Å²) in [5, 5.41) is 11.4. The molecule has 0 radical (unpaired) electrons. The Morgan fingerprint density at radius 3 is 2.53 bits per heavy atom. The van der Waals surface area contributed by atoms with Gasteiger partial charge in [0.15, 0.2) is 0 Å². The van der Waals surface area contributed by atoms with Crippen LogP contribution in [0.5, 0.6) is 5.75 Å². The quantitative estimate of drug-likeness (QED) is 0.591. The minimum absolute atomic E-state index is 0.0656. The number of ether oxygens (including phenoxy) is 1. The molecule has 164 valence electrons. The summed E-state index contributed by atoms with van der Waals surface area (Å²) in [6.07, 6.45) is 14.2. The molecule has 0 aliphatic heterocycles.